The minimum atomic E-state index is -0.444. The van der Waals surface area contributed by atoms with Crippen molar-refractivity contribution in [2.45, 2.75) is 13.1 Å². The van der Waals surface area contributed by atoms with E-state index < -0.39 is 5.97 Å². The van der Waals surface area contributed by atoms with E-state index in [-0.39, 0.29) is 35.6 Å². The van der Waals surface area contributed by atoms with Gasteiger partial charge in [0.15, 0.2) is 0 Å². The number of nitrogens with zero attached hydrogens (tertiary/aromatic N) is 6. The molecule has 3 saturated heterocycles. The van der Waals surface area contributed by atoms with E-state index in [2.05, 4.69) is 29.5 Å². The second kappa shape index (κ2) is 28.2. The van der Waals surface area contributed by atoms with Crippen molar-refractivity contribution in [2.75, 3.05) is 99.9 Å². The number of methoxy groups -OCH3 is 3. The lowest BCUT2D eigenvalue weighted by atomic mass is 10.1. The Kier molecular flexibility index (Phi) is 19.9. The standard InChI is InChI=1S/C22H20ClN3O4.2C22H22ClN3O3/c1-30-22(29)15-4-2-14(3-5-15)20(27)25-8-10-26(11-9-25)21(28)19-13-16-12-17(23)6-7-18(16)24-19;1-29-22(28)16-4-2-15(3-5-16)14-25-8-10-26(11-9-25)21(27)20-13-17-12-18(23)6-7-19(17)24-20;1-29-22(28)16-4-2-3-15(11-16)14-25-7-9-26(10-8-25)21(27)20-13-17-12-18(23)5-6-19(17)24-20/h2-7,12-13,24H,8-11H2,1H3;2-7,12-13,24H,8-11,14H2,1H3;2-6,11-13,24H,7-10,14H2,1H3. The first kappa shape index (κ1) is 62.1. The average molecular weight is 1250 g/mol. The Bertz CT molecular complexity index is 4030. The number of amides is 4. The molecule has 22 heteroatoms. The van der Waals surface area contributed by atoms with Crippen molar-refractivity contribution >= 4 is 109 Å². The normalized spacial score (nSPS) is 14.6. The van der Waals surface area contributed by atoms with E-state index in [4.69, 9.17) is 44.3 Å². The number of benzene rings is 6. The zero-order chi connectivity index (χ0) is 62.0. The summed E-state index contributed by atoms with van der Waals surface area (Å²) in [5.41, 5.74) is 8.52. The van der Waals surface area contributed by atoms with E-state index in [1.54, 1.807) is 64.4 Å². The van der Waals surface area contributed by atoms with Crippen LogP contribution in [0.25, 0.3) is 32.7 Å². The summed E-state index contributed by atoms with van der Waals surface area (Å²) in [5, 5.41) is 4.69. The van der Waals surface area contributed by atoms with E-state index in [1.165, 1.54) is 21.3 Å². The maximum atomic E-state index is 12.9. The minimum Gasteiger partial charge on any atom is -0.465 e. The summed E-state index contributed by atoms with van der Waals surface area (Å²) in [6.45, 7) is 9.12. The molecule has 19 nitrogen and oxygen atoms in total. The van der Waals surface area contributed by atoms with Crippen molar-refractivity contribution in [2.24, 2.45) is 0 Å². The summed E-state index contributed by atoms with van der Waals surface area (Å²) in [6.07, 6.45) is 0. The fraction of sp³-hybridized carbons (Fsp3) is 0.258. The third kappa shape index (κ3) is 15.0. The van der Waals surface area contributed by atoms with E-state index in [1.807, 2.05) is 101 Å². The molecule has 4 amide bonds. The Morgan fingerprint density at radius 1 is 0.352 bits per heavy atom. The van der Waals surface area contributed by atoms with Crippen LogP contribution in [0.4, 0.5) is 0 Å². The zero-order valence-electron chi connectivity index (χ0n) is 48.7. The second-order valence-electron chi connectivity index (χ2n) is 21.4. The van der Waals surface area contributed by atoms with Gasteiger partial charge in [0.25, 0.3) is 23.6 Å². The number of esters is 3. The monoisotopic (exact) mass is 1250 g/mol. The molecule has 88 heavy (non-hydrogen) atoms. The van der Waals surface area contributed by atoms with Gasteiger partial charge in [0, 0.05) is 145 Å². The van der Waals surface area contributed by atoms with Crippen LogP contribution >= 0.6 is 34.8 Å². The highest BCUT2D eigenvalue weighted by Crippen LogP contribution is 2.25. The highest BCUT2D eigenvalue weighted by Gasteiger charge is 2.28. The third-order valence-electron chi connectivity index (χ3n) is 15.7. The number of rotatable bonds is 11. The molecule has 9 aromatic rings. The van der Waals surface area contributed by atoms with Gasteiger partial charge < -0.3 is 48.8 Å². The van der Waals surface area contributed by atoms with E-state index in [9.17, 15) is 33.6 Å². The van der Waals surface area contributed by atoms with Gasteiger partial charge >= 0.3 is 17.9 Å². The van der Waals surface area contributed by atoms with Crippen LogP contribution in [0.2, 0.25) is 15.1 Å². The first-order valence-electron chi connectivity index (χ1n) is 28.5. The number of carbonyl (C=O) groups is 7. The molecule has 0 aliphatic carbocycles. The van der Waals surface area contributed by atoms with Crippen LogP contribution in [0.1, 0.15) is 84.0 Å². The average Bonchev–Trinajstić information content (AvgIpc) is 4.07. The molecule has 0 saturated carbocycles. The minimum absolute atomic E-state index is 0.00432. The number of nitrogens with one attached hydrogen (secondary N) is 3. The SMILES string of the molecule is COC(=O)c1ccc(C(=O)N2CCN(C(=O)c3cc4cc(Cl)ccc4[nH]3)CC2)cc1.COC(=O)c1ccc(CN2CCN(C(=O)c3cc4cc(Cl)ccc4[nH]3)CC2)cc1.COC(=O)c1cccc(CN2CCN(C(=O)c3cc4cc(Cl)ccc4[nH]3)CC2)c1. The van der Waals surface area contributed by atoms with Crippen molar-refractivity contribution in [3.63, 3.8) is 0 Å². The smallest absolute Gasteiger partial charge is 0.337 e. The van der Waals surface area contributed by atoms with Crippen LogP contribution < -0.4 is 0 Å². The van der Waals surface area contributed by atoms with Crippen molar-refractivity contribution in [1.29, 1.82) is 0 Å². The number of fused-ring (bicyclic) bond motifs is 3. The van der Waals surface area contributed by atoms with Crippen LogP contribution in [0, 0.1) is 0 Å². The maximum absolute atomic E-state index is 12.9. The molecule has 0 radical (unpaired) electrons. The number of H-pyrrole nitrogens is 3. The molecule has 0 unspecified atom stereocenters. The van der Waals surface area contributed by atoms with Gasteiger partial charge in [-0.2, -0.15) is 0 Å². The molecule has 3 aliphatic heterocycles. The molecule has 454 valence electrons. The Hall–Kier alpha value is -8.98. The third-order valence-corrected chi connectivity index (χ3v) is 16.4. The topological polar surface area (TPSA) is 214 Å². The molecule has 3 aliphatic rings. The molecule has 3 fully saturated rings. The van der Waals surface area contributed by atoms with Crippen LogP contribution in [-0.2, 0) is 27.3 Å². The second-order valence-corrected chi connectivity index (χ2v) is 22.7. The van der Waals surface area contributed by atoms with Gasteiger partial charge in [0.05, 0.1) is 38.0 Å². The zero-order valence-corrected chi connectivity index (χ0v) is 50.9. The predicted octanol–water partition coefficient (Wildman–Crippen LogP) is 10.3. The molecule has 3 N–H and O–H groups in total. The first-order valence-corrected chi connectivity index (χ1v) is 29.7. The number of hydrogen-bond donors (Lipinski definition) is 3. The Morgan fingerprint density at radius 3 is 1.07 bits per heavy atom. The summed E-state index contributed by atoms with van der Waals surface area (Å²) in [6, 6.07) is 43.3. The molecule has 0 bridgehead atoms. The Labute approximate surface area is 522 Å². The van der Waals surface area contributed by atoms with Gasteiger partial charge in [-0.15, -0.1) is 0 Å². The summed E-state index contributed by atoms with van der Waals surface area (Å²) < 4.78 is 14.2. The number of carbonyl (C=O) groups excluding carboxylic acids is 7. The lowest BCUT2D eigenvalue weighted by molar-refractivity contribution is 0.0532. The van der Waals surface area contributed by atoms with Gasteiger partial charge in [0.1, 0.15) is 17.1 Å². The molecule has 6 heterocycles. The fourth-order valence-corrected chi connectivity index (χ4v) is 11.4. The van der Waals surface area contributed by atoms with Gasteiger partial charge in [-0.25, -0.2) is 14.4 Å². The Balaban J connectivity index is 0.000000146. The summed E-state index contributed by atoms with van der Waals surface area (Å²) in [7, 11) is 4.07. The summed E-state index contributed by atoms with van der Waals surface area (Å²) in [5.74, 6) is -1.31. The molecular weight excluding hydrogens is 1190 g/mol. The largest absolute Gasteiger partial charge is 0.465 e. The number of ether oxygens (including phenoxy) is 3. The quantitative estimate of drug-likeness (QED) is 0.0815. The van der Waals surface area contributed by atoms with E-state index >= 15 is 0 Å². The van der Waals surface area contributed by atoms with Crippen molar-refractivity contribution in [3.8, 4) is 0 Å². The number of halogens is 3. The van der Waals surface area contributed by atoms with Crippen molar-refractivity contribution < 1.29 is 47.8 Å². The lowest BCUT2D eigenvalue weighted by Crippen LogP contribution is -2.50. The number of aromatic amines is 3. The fourth-order valence-electron chi connectivity index (χ4n) is 10.8. The van der Waals surface area contributed by atoms with Crippen LogP contribution in [0.3, 0.4) is 0 Å². The molecule has 0 spiro atoms. The number of piperazine rings is 3. The molecule has 0 atom stereocenters. The van der Waals surface area contributed by atoms with Crippen LogP contribution in [0.15, 0.2) is 146 Å². The van der Waals surface area contributed by atoms with Crippen molar-refractivity contribution in [1.82, 2.24) is 44.4 Å². The highest BCUT2D eigenvalue weighted by molar-refractivity contribution is 6.32. The lowest BCUT2D eigenvalue weighted by Gasteiger charge is -2.34. The predicted molar refractivity (Wildman–Crippen MR) is 337 cm³/mol. The number of aromatic nitrogens is 3. The number of hydrogen-bond acceptors (Lipinski definition) is 12. The van der Waals surface area contributed by atoms with Gasteiger partial charge in [0.2, 0.25) is 0 Å². The first-order chi connectivity index (χ1) is 42.5. The van der Waals surface area contributed by atoms with Crippen LogP contribution in [0.5, 0.6) is 0 Å². The molecule has 3 aromatic heterocycles. The van der Waals surface area contributed by atoms with Gasteiger partial charge in [-0.1, -0.05) is 59.1 Å². The van der Waals surface area contributed by atoms with E-state index in [0.717, 1.165) is 83.1 Å². The Morgan fingerprint density at radius 2 is 0.682 bits per heavy atom. The van der Waals surface area contributed by atoms with Crippen LogP contribution in [-0.4, -0.2) is 186 Å². The molecule has 6 aromatic carbocycles. The van der Waals surface area contributed by atoms with E-state index in [0.29, 0.717) is 107 Å². The summed E-state index contributed by atoms with van der Waals surface area (Å²) >= 11 is 18.1. The maximum Gasteiger partial charge on any atom is 0.337 e. The molecule has 12 rings (SSSR count). The summed E-state index contributed by atoms with van der Waals surface area (Å²) in [4.78, 5) is 107. The molecular formula is C66H64Cl3N9O10. The van der Waals surface area contributed by atoms with Gasteiger partial charge in [-0.3, -0.25) is 29.0 Å². The highest BCUT2D eigenvalue weighted by atomic mass is 35.5. The van der Waals surface area contributed by atoms with Gasteiger partial charge in [-0.05, 0) is 132 Å². The van der Waals surface area contributed by atoms with Crippen molar-refractivity contribution in [3.05, 3.63) is 211 Å².